The van der Waals surface area contributed by atoms with Crippen molar-refractivity contribution in [1.29, 1.82) is 0 Å². The van der Waals surface area contributed by atoms with Gasteiger partial charge >= 0.3 is 0 Å². The molecule has 3 rings (SSSR count). The molecule has 0 aliphatic carbocycles. The maximum Gasteiger partial charge on any atom is 0.248 e. The highest BCUT2D eigenvalue weighted by molar-refractivity contribution is 14.1. The zero-order valence-electron chi connectivity index (χ0n) is 10.6. The van der Waals surface area contributed by atoms with Gasteiger partial charge in [0.15, 0.2) is 0 Å². The van der Waals surface area contributed by atoms with Gasteiger partial charge in [-0.25, -0.2) is 0 Å². The van der Waals surface area contributed by atoms with E-state index in [-0.39, 0.29) is 0 Å². The predicted molar refractivity (Wildman–Crippen MR) is 94.3 cm³/mol. The normalized spacial score (nSPS) is 12.3. The third-order valence-corrected chi connectivity index (χ3v) is 4.78. The molecule has 0 saturated heterocycles. The smallest absolute Gasteiger partial charge is 0.248 e. The third-order valence-electron chi connectivity index (χ3n) is 2.91. The van der Waals surface area contributed by atoms with Crippen molar-refractivity contribution in [2.24, 2.45) is 0 Å². The van der Waals surface area contributed by atoms with Crippen LogP contribution in [0.3, 0.4) is 0 Å². The molecule has 21 heavy (non-hydrogen) atoms. The Kier molecular flexibility index (Phi) is 4.61. The minimum Gasteiger partial charge on any atom is -0.419 e. The van der Waals surface area contributed by atoms with Crippen LogP contribution in [0.1, 0.15) is 16.8 Å². The van der Waals surface area contributed by atoms with E-state index in [0.717, 1.165) is 19.2 Å². The molecule has 0 fully saturated rings. The van der Waals surface area contributed by atoms with Crippen molar-refractivity contribution in [2.75, 3.05) is 0 Å². The second-order valence-electron chi connectivity index (χ2n) is 4.34. The van der Waals surface area contributed by atoms with Crippen LogP contribution in [0.5, 0.6) is 0 Å². The summed E-state index contributed by atoms with van der Waals surface area (Å²) in [6, 6.07) is 15.6. The minimum absolute atomic E-state index is 0.397. The summed E-state index contributed by atoms with van der Waals surface area (Å²) in [7, 11) is 0. The summed E-state index contributed by atoms with van der Waals surface area (Å²) in [6.07, 6.45) is 0. The zero-order chi connectivity index (χ0) is 14.8. The van der Waals surface area contributed by atoms with Gasteiger partial charge in [0.25, 0.3) is 0 Å². The molecule has 1 aromatic heterocycles. The summed E-state index contributed by atoms with van der Waals surface area (Å²) in [5.74, 6) is 0.867. The first-order chi connectivity index (χ1) is 10.1. The molecule has 0 bridgehead atoms. The van der Waals surface area contributed by atoms with Crippen LogP contribution >= 0.6 is 50.1 Å². The lowest BCUT2D eigenvalue weighted by molar-refractivity contribution is 0.513. The topological polar surface area (TPSA) is 38.9 Å². The van der Waals surface area contributed by atoms with Gasteiger partial charge in [-0.1, -0.05) is 46.3 Å². The van der Waals surface area contributed by atoms with E-state index in [1.165, 1.54) is 0 Å². The van der Waals surface area contributed by atoms with Crippen molar-refractivity contribution in [3.63, 3.8) is 0 Å². The summed E-state index contributed by atoms with van der Waals surface area (Å²) in [5.41, 5.74) is 1.82. The first-order valence-electron chi connectivity index (χ1n) is 6.13. The van der Waals surface area contributed by atoms with Crippen LogP contribution in [0.4, 0.5) is 0 Å². The average Bonchev–Trinajstić information content (AvgIpc) is 2.99. The van der Waals surface area contributed by atoms with E-state index in [4.69, 9.17) is 16.0 Å². The standard InChI is InChI=1S/C15H9BrClIN2O/c16-10-6-7-12(18)11(8-10)14-19-20-15(21-14)13(17)9-4-2-1-3-5-9/h1-8,13H. The lowest BCUT2D eigenvalue weighted by Crippen LogP contribution is -1.92. The summed E-state index contributed by atoms with van der Waals surface area (Å²) < 4.78 is 7.74. The highest BCUT2D eigenvalue weighted by Gasteiger charge is 2.19. The molecule has 0 radical (unpaired) electrons. The highest BCUT2D eigenvalue weighted by atomic mass is 127. The Hall–Kier alpha value is -0.920. The van der Waals surface area contributed by atoms with Crippen molar-refractivity contribution in [2.45, 2.75) is 5.38 Å². The van der Waals surface area contributed by atoms with E-state index < -0.39 is 5.38 Å². The molecular weight excluding hydrogens is 466 g/mol. The van der Waals surface area contributed by atoms with Gasteiger partial charge in [-0.3, -0.25) is 0 Å². The van der Waals surface area contributed by atoms with Crippen LogP contribution in [0.2, 0.25) is 0 Å². The second-order valence-corrected chi connectivity index (χ2v) is 6.86. The van der Waals surface area contributed by atoms with Crippen molar-refractivity contribution in [3.05, 3.63) is 68.0 Å². The first kappa shape index (κ1) is 15.0. The highest BCUT2D eigenvalue weighted by Crippen LogP contribution is 2.32. The largest absolute Gasteiger partial charge is 0.419 e. The molecule has 106 valence electrons. The van der Waals surface area contributed by atoms with Crippen LogP contribution in [0, 0.1) is 3.57 Å². The molecule has 0 amide bonds. The maximum atomic E-state index is 6.40. The van der Waals surface area contributed by atoms with Crippen molar-refractivity contribution < 1.29 is 4.42 Å². The van der Waals surface area contributed by atoms with E-state index in [0.29, 0.717) is 11.8 Å². The summed E-state index contributed by atoms with van der Waals surface area (Å²) in [5, 5.41) is 7.73. The predicted octanol–water partition coefficient (Wildman–Crippen LogP) is 5.43. The van der Waals surface area contributed by atoms with Gasteiger partial charge in [0.1, 0.15) is 5.38 Å². The molecule has 2 aromatic carbocycles. The Morgan fingerprint density at radius 3 is 2.62 bits per heavy atom. The number of rotatable bonds is 3. The second kappa shape index (κ2) is 6.46. The molecule has 0 aliphatic rings. The molecular formula is C15H9BrClIN2O. The van der Waals surface area contributed by atoms with E-state index in [9.17, 15) is 0 Å². The van der Waals surface area contributed by atoms with Crippen LogP contribution in [0.25, 0.3) is 11.5 Å². The molecule has 6 heteroatoms. The van der Waals surface area contributed by atoms with Gasteiger partial charge in [-0.2, -0.15) is 0 Å². The van der Waals surface area contributed by atoms with Gasteiger partial charge in [-0.05, 0) is 46.4 Å². The van der Waals surface area contributed by atoms with Gasteiger partial charge < -0.3 is 4.42 Å². The first-order valence-corrected chi connectivity index (χ1v) is 8.44. The number of halogens is 3. The Morgan fingerprint density at radius 1 is 1.10 bits per heavy atom. The summed E-state index contributed by atoms with van der Waals surface area (Å²) in [6.45, 7) is 0. The Morgan fingerprint density at radius 2 is 1.86 bits per heavy atom. The molecule has 0 spiro atoms. The lowest BCUT2D eigenvalue weighted by atomic mass is 10.1. The van der Waals surface area contributed by atoms with Crippen LogP contribution in [-0.4, -0.2) is 10.2 Å². The fraction of sp³-hybridized carbons (Fsp3) is 0.0667. The zero-order valence-corrected chi connectivity index (χ0v) is 15.1. The molecule has 0 saturated carbocycles. The van der Waals surface area contributed by atoms with Crippen LogP contribution in [-0.2, 0) is 0 Å². The quantitative estimate of drug-likeness (QED) is 0.375. The number of aromatic nitrogens is 2. The van der Waals surface area contributed by atoms with E-state index in [1.54, 1.807) is 0 Å². The lowest BCUT2D eigenvalue weighted by Gasteiger charge is -2.04. The number of benzene rings is 2. The third kappa shape index (κ3) is 3.30. The van der Waals surface area contributed by atoms with Gasteiger partial charge in [0.05, 0.1) is 5.56 Å². The van der Waals surface area contributed by atoms with E-state index in [2.05, 4.69) is 48.7 Å². The molecule has 0 aliphatic heterocycles. The van der Waals surface area contributed by atoms with Crippen molar-refractivity contribution in [1.82, 2.24) is 10.2 Å². The SMILES string of the molecule is ClC(c1ccccc1)c1nnc(-c2cc(Br)ccc2I)o1. The number of hydrogen-bond donors (Lipinski definition) is 0. The van der Waals surface area contributed by atoms with Crippen molar-refractivity contribution >= 4 is 50.1 Å². The Bertz CT molecular complexity index is 763. The fourth-order valence-corrected chi connectivity index (χ4v) is 3.03. The molecule has 0 N–H and O–H groups in total. The van der Waals surface area contributed by atoms with E-state index >= 15 is 0 Å². The maximum absolute atomic E-state index is 6.40. The number of alkyl halides is 1. The van der Waals surface area contributed by atoms with Gasteiger partial charge in [-0.15, -0.1) is 21.8 Å². The van der Waals surface area contributed by atoms with Crippen molar-refractivity contribution in [3.8, 4) is 11.5 Å². The van der Waals surface area contributed by atoms with Crippen LogP contribution < -0.4 is 0 Å². The summed E-state index contributed by atoms with van der Waals surface area (Å²) in [4.78, 5) is 0. The molecule has 1 heterocycles. The van der Waals surface area contributed by atoms with E-state index in [1.807, 2.05) is 48.5 Å². The molecule has 3 aromatic rings. The average molecular weight is 476 g/mol. The number of nitrogens with zero attached hydrogens (tertiary/aromatic N) is 2. The summed E-state index contributed by atoms with van der Waals surface area (Å²) >= 11 is 12.1. The minimum atomic E-state index is -0.447. The number of hydrogen-bond acceptors (Lipinski definition) is 3. The van der Waals surface area contributed by atoms with Gasteiger partial charge in [0, 0.05) is 8.04 Å². The Labute approximate surface area is 149 Å². The Balaban J connectivity index is 1.95. The molecule has 1 unspecified atom stereocenters. The fourth-order valence-electron chi connectivity index (χ4n) is 1.87. The monoisotopic (exact) mass is 474 g/mol. The van der Waals surface area contributed by atoms with Crippen LogP contribution in [0.15, 0.2) is 57.4 Å². The van der Waals surface area contributed by atoms with Gasteiger partial charge in [0.2, 0.25) is 11.8 Å². The molecule has 1 atom stereocenters. The molecule has 3 nitrogen and oxygen atoms in total.